The van der Waals surface area contributed by atoms with Gasteiger partial charge >= 0.3 is 0 Å². The summed E-state index contributed by atoms with van der Waals surface area (Å²) in [6, 6.07) is 9.65. The number of nitrogens with zero attached hydrogens (tertiary/aromatic N) is 3. The Morgan fingerprint density at radius 1 is 1.12 bits per heavy atom. The second-order valence-corrected chi connectivity index (χ2v) is 8.77. The number of hydrogen-bond donors (Lipinski definition) is 0. The highest BCUT2D eigenvalue weighted by Crippen LogP contribution is 2.31. The number of rotatable bonds is 4. The molecule has 3 rings (SSSR count). The third-order valence-electron chi connectivity index (χ3n) is 4.64. The molecule has 0 amide bonds. The second kappa shape index (κ2) is 6.69. The third-order valence-corrected chi connectivity index (χ3v) is 6.53. The average Bonchev–Trinajstić information content (AvgIpc) is 3.02. The lowest BCUT2D eigenvalue weighted by Gasteiger charge is -2.29. The molecule has 1 aliphatic heterocycles. The summed E-state index contributed by atoms with van der Waals surface area (Å²) >= 11 is 0. The second-order valence-electron chi connectivity index (χ2n) is 6.87. The van der Waals surface area contributed by atoms with Crippen molar-refractivity contribution in [3.8, 4) is 11.3 Å². The van der Waals surface area contributed by atoms with Gasteiger partial charge in [0.25, 0.3) is 0 Å². The molecule has 24 heavy (non-hydrogen) atoms. The monoisotopic (exact) mass is 347 g/mol. The summed E-state index contributed by atoms with van der Waals surface area (Å²) in [5.74, 6) is 0.587. The molecule has 130 valence electrons. The van der Waals surface area contributed by atoms with Crippen molar-refractivity contribution in [1.29, 1.82) is 0 Å². The van der Waals surface area contributed by atoms with Gasteiger partial charge < -0.3 is 0 Å². The van der Waals surface area contributed by atoms with Gasteiger partial charge in [-0.05, 0) is 32.6 Å². The smallest absolute Gasteiger partial charge is 0.246 e. The van der Waals surface area contributed by atoms with Crippen molar-refractivity contribution >= 4 is 10.0 Å². The highest BCUT2D eigenvalue weighted by molar-refractivity contribution is 7.89. The van der Waals surface area contributed by atoms with E-state index in [0.29, 0.717) is 29.6 Å². The van der Waals surface area contributed by atoms with Crippen LogP contribution < -0.4 is 0 Å². The first kappa shape index (κ1) is 17.2. The van der Waals surface area contributed by atoms with E-state index < -0.39 is 10.0 Å². The van der Waals surface area contributed by atoms with Crippen LogP contribution in [0.3, 0.4) is 0 Å². The van der Waals surface area contributed by atoms with Gasteiger partial charge in [-0.1, -0.05) is 37.3 Å². The fourth-order valence-corrected chi connectivity index (χ4v) is 4.60. The van der Waals surface area contributed by atoms with Crippen LogP contribution in [-0.4, -0.2) is 35.6 Å². The van der Waals surface area contributed by atoms with Crippen LogP contribution in [0.4, 0.5) is 0 Å². The predicted molar refractivity (Wildman–Crippen MR) is 95.2 cm³/mol. The summed E-state index contributed by atoms with van der Waals surface area (Å²) in [4.78, 5) is 0.317. The molecule has 1 aromatic carbocycles. The van der Waals surface area contributed by atoms with Crippen molar-refractivity contribution < 1.29 is 8.42 Å². The zero-order chi connectivity index (χ0) is 17.3. The first-order valence-electron chi connectivity index (χ1n) is 8.54. The van der Waals surface area contributed by atoms with Gasteiger partial charge in [0.05, 0.1) is 0 Å². The first-order chi connectivity index (χ1) is 11.4. The maximum atomic E-state index is 13.2. The highest BCUT2D eigenvalue weighted by Gasteiger charge is 2.32. The number of piperidine rings is 1. The molecule has 6 heteroatoms. The zero-order valence-electron chi connectivity index (χ0n) is 14.5. The maximum absolute atomic E-state index is 13.2. The Balaban J connectivity index is 2.06. The van der Waals surface area contributed by atoms with Gasteiger partial charge in [-0.25, -0.2) is 8.42 Å². The molecule has 2 aromatic rings. The molecule has 0 bridgehead atoms. The molecule has 1 saturated heterocycles. The standard InChI is InChI=1S/C18H25N3O2S/c1-14(2)21-13-17(18(19-21)16-7-5-4-6-8-16)24(22,23)20-11-9-15(3)10-12-20/h4-8,13-15H,9-12H2,1-3H3. The summed E-state index contributed by atoms with van der Waals surface area (Å²) in [5.41, 5.74) is 1.38. The van der Waals surface area contributed by atoms with Gasteiger partial charge in [0.1, 0.15) is 10.6 Å². The van der Waals surface area contributed by atoms with Gasteiger partial charge in [0.15, 0.2) is 0 Å². The molecule has 0 N–H and O–H groups in total. The lowest BCUT2D eigenvalue weighted by Crippen LogP contribution is -2.37. The van der Waals surface area contributed by atoms with E-state index in [1.165, 1.54) is 0 Å². The summed E-state index contributed by atoms with van der Waals surface area (Å²) in [7, 11) is -3.53. The van der Waals surface area contributed by atoms with Crippen LogP contribution in [0.25, 0.3) is 11.3 Å². The van der Waals surface area contributed by atoms with E-state index in [9.17, 15) is 8.42 Å². The summed E-state index contributed by atoms with van der Waals surface area (Å²) in [6.07, 6.45) is 3.51. The van der Waals surface area contributed by atoms with E-state index in [0.717, 1.165) is 18.4 Å². The van der Waals surface area contributed by atoms with E-state index in [-0.39, 0.29) is 6.04 Å². The molecular formula is C18H25N3O2S. The van der Waals surface area contributed by atoms with E-state index in [2.05, 4.69) is 12.0 Å². The Hall–Kier alpha value is -1.66. The molecule has 1 fully saturated rings. The molecule has 0 spiro atoms. The van der Waals surface area contributed by atoms with Crippen LogP contribution in [0.1, 0.15) is 39.7 Å². The molecular weight excluding hydrogens is 322 g/mol. The fourth-order valence-electron chi connectivity index (χ4n) is 2.99. The van der Waals surface area contributed by atoms with E-state index in [1.807, 2.05) is 44.2 Å². The third kappa shape index (κ3) is 3.26. The number of sulfonamides is 1. The van der Waals surface area contributed by atoms with Crippen LogP contribution in [0.2, 0.25) is 0 Å². The molecule has 1 aromatic heterocycles. The Kier molecular flexibility index (Phi) is 4.78. The molecule has 5 nitrogen and oxygen atoms in total. The molecule has 2 heterocycles. The Bertz CT molecular complexity index is 789. The SMILES string of the molecule is CC1CCN(S(=O)(=O)c2cn(C(C)C)nc2-c2ccccc2)CC1. The normalized spacial score (nSPS) is 17.5. The van der Waals surface area contributed by atoms with Gasteiger partial charge in [0.2, 0.25) is 10.0 Å². The molecule has 1 aliphatic rings. The predicted octanol–water partition coefficient (Wildman–Crippen LogP) is 3.55. The van der Waals surface area contributed by atoms with Gasteiger partial charge in [-0.2, -0.15) is 9.40 Å². The maximum Gasteiger partial charge on any atom is 0.246 e. The van der Waals surface area contributed by atoms with Crippen LogP contribution in [-0.2, 0) is 10.0 Å². The van der Waals surface area contributed by atoms with Gasteiger partial charge in [-0.15, -0.1) is 0 Å². The quantitative estimate of drug-likeness (QED) is 0.850. The summed E-state index contributed by atoms with van der Waals surface area (Å²) < 4.78 is 29.7. The lowest BCUT2D eigenvalue weighted by molar-refractivity contribution is 0.288. The van der Waals surface area contributed by atoms with Crippen molar-refractivity contribution in [1.82, 2.24) is 14.1 Å². The first-order valence-corrected chi connectivity index (χ1v) is 9.98. The number of aromatic nitrogens is 2. The Morgan fingerprint density at radius 3 is 2.33 bits per heavy atom. The molecule has 0 aliphatic carbocycles. The number of benzene rings is 1. The van der Waals surface area contributed by atoms with Gasteiger partial charge in [0, 0.05) is 30.9 Å². The lowest BCUT2D eigenvalue weighted by atomic mass is 10.0. The van der Waals surface area contributed by atoms with Crippen LogP contribution in [0.15, 0.2) is 41.4 Å². The van der Waals surface area contributed by atoms with Crippen LogP contribution in [0, 0.1) is 5.92 Å². The van der Waals surface area contributed by atoms with Crippen LogP contribution >= 0.6 is 0 Å². The Labute approximate surface area is 144 Å². The van der Waals surface area contributed by atoms with Crippen LogP contribution in [0.5, 0.6) is 0 Å². The van der Waals surface area contributed by atoms with Crippen molar-refractivity contribution in [3.05, 3.63) is 36.5 Å². The van der Waals surface area contributed by atoms with Gasteiger partial charge in [-0.3, -0.25) is 4.68 Å². The Morgan fingerprint density at radius 2 is 1.75 bits per heavy atom. The minimum Gasteiger partial charge on any atom is -0.268 e. The topological polar surface area (TPSA) is 55.2 Å². The van der Waals surface area contributed by atoms with Crippen molar-refractivity contribution in [2.75, 3.05) is 13.1 Å². The van der Waals surface area contributed by atoms with E-state index >= 15 is 0 Å². The fraction of sp³-hybridized carbons (Fsp3) is 0.500. The highest BCUT2D eigenvalue weighted by atomic mass is 32.2. The van der Waals surface area contributed by atoms with Crippen molar-refractivity contribution in [2.24, 2.45) is 5.92 Å². The molecule has 0 radical (unpaired) electrons. The van der Waals surface area contributed by atoms with E-state index in [1.54, 1.807) is 15.2 Å². The molecule has 0 saturated carbocycles. The minimum absolute atomic E-state index is 0.109. The molecule has 0 unspecified atom stereocenters. The summed E-state index contributed by atoms with van der Waals surface area (Å²) in [5, 5.41) is 4.57. The average molecular weight is 347 g/mol. The minimum atomic E-state index is -3.53. The summed E-state index contributed by atoms with van der Waals surface area (Å²) in [6.45, 7) is 7.35. The number of hydrogen-bond acceptors (Lipinski definition) is 3. The van der Waals surface area contributed by atoms with Crippen molar-refractivity contribution in [2.45, 2.75) is 44.6 Å². The molecule has 0 atom stereocenters. The van der Waals surface area contributed by atoms with E-state index in [4.69, 9.17) is 0 Å². The van der Waals surface area contributed by atoms with Crippen molar-refractivity contribution in [3.63, 3.8) is 0 Å². The zero-order valence-corrected chi connectivity index (χ0v) is 15.3. The largest absolute Gasteiger partial charge is 0.268 e.